The van der Waals surface area contributed by atoms with E-state index in [2.05, 4.69) is 31.5 Å². The van der Waals surface area contributed by atoms with E-state index in [0.717, 1.165) is 6.54 Å². The van der Waals surface area contributed by atoms with Crippen LogP contribution in [0.15, 0.2) is 0 Å². The summed E-state index contributed by atoms with van der Waals surface area (Å²) in [5.74, 6) is 0. The van der Waals surface area contributed by atoms with E-state index < -0.39 is 6.64 Å². The Morgan fingerprint density at radius 2 is 1.83 bits per heavy atom. The number of ether oxygens (including phenoxy) is 1. The fraction of sp³-hybridized carbons (Fsp3) is 1.00. The summed E-state index contributed by atoms with van der Waals surface area (Å²) < 4.78 is 19.0. The molecule has 0 saturated heterocycles. The molecule has 1 unspecified atom stereocenters. The topological polar surface area (TPSA) is 51.8 Å². The summed E-state index contributed by atoms with van der Waals surface area (Å²) >= 11 is 7.34. The third-order valence-corrected chi connectivity index (χ3v) is 4.94. The van der Waals surface area contributed by atoms with Crippen molar-refractivity contribution in [2.24, 2.45) is 0 Å². The summed E-state index contributed by atoms with van der Waals surface area (Å²) in [6.45, 7) is 8.15. The average molecular weight is 412 g/mol. The largest absolute Gasteiger partial charge is 0.378 e. The van der Waals surface area contributed by atoms with Crippen LogP contribution in [-0.4, -0.2) is 39.5 Å². The molecule has 1 atom stereocenters. The van der Waals surface area contributed by atoms with Gasteiger partial charge < -0.3 is 13.8 Å². The van der Waals surface area contributed by atoms with Crippen molar-refractivity contribution < 1.29 is 13.8 Å². The molecule has 0 aliphatic heterocycles. The van der Waals surface area contributed by atoms with E-state index in [-0.39, 0.29) is 6.04 Å². The maximum atomic E-state index is 5.52. The highest BCUT2D eigenvalue weighted by molar-refractivity contribution is 14.1. The smallest absolute Gasteiger partial charge is 0.261 e. The zero-order valence-electron chi connectivity index (χ0n) is 11.9. The van der Waals surface area contributed by atoms with Gasteiger partial charge in [0.05, 0.1) is 19.8 Å². The summed E-state index contributed by atoms with van der Waals surface area (Å²) in [6, 6.07) is 0.245. The van der Waals surface area contributed by atoms with Gasteiger partial charge in [-0.25, -0.2) is 5.09 Å². The maximum Gasteiger partial charge on any atom is 0.261 e. The molecule has 0 aromatic carbocycles. The molecule has 0 fully saturated rings. The molecule has 0 bridgehead atoms. The molecule has 0 rings (SSSR count). The summed E-state index contributed by atoms with van der Waals surface area (Å²) in [4.78, 5) is 0. The Kier molecular flexibility index (Phi) is 17.4. The Hall–Kier alpha value is 1.18. The number of halogens is 1. The molecule has 5 nitrogen and oxygen atoms in total. The Morgan fingerprint density at radius 3 is 2.28 bits per heavy atom. The molecule has 2 N–H and O–H groups in total. The van der Waals surface area contributed by atoms with E-state index in [4.69, 9.17) is 25.6 Å². The molecule has 0 amide bonds. The minimum absolute atomic E-state index is 0.245. The number of rotatable bonds is 10. The zero-order valence-corrected chi connectivity index (χ0v) is 15.7. The minimum atomic E-state index is -2.33. The van der Waals surface area contributed by atoms with E-state index in [1.54, 1.807) is 7.11 Å². The van der Waals surface area contributed by atoms with Crippen LogP contribution in [0.4, 0.5) is 0 Å². The zero-order chi connectivity index (χ0) is 14.4. The van der Waals surface area contributed by atoms with Crippen molar-refractivity contribution in [3.05, 3.63) is 0 Å². The summed E-state index contributed by atoms with van der Waals surface area (Å²) in [6.07, 6.45) is 0. The predicted molar refractivity (Wildman–Crippen MR) is 89.7 cm³/mol. The molecule has 0 aliphatic rings. The number of hydrogen-bond acceptors (Lipinski definition) is 5. The van der Waals surface area contributed by atoms with Gasteiger partial charge in [0, 0.05) is 42.6 Å². The van der Waals surface area contributed by atoms with E-state index in [9.17, 15) is 0 Å². The van der Waals surface area contributed by atoms with E-state index in [1.807, 2.05) is 27.7 Å². The van der Waals surface area contributed by atoms with Crippen LogP contribution in [-0.2, 0) is 25.6 Å². The monoisotopic (exact) mass is 412 g/mol. The first-order valence-electron chi connectivity index (χ1n) is 6.03. The standard InChI is InChI=1S/C8H20IN2O3PS.C2H6/c1-8(2)11-15(16,12-3)14-7-6-13-5-4-10-9;1-2/h8,10H,4-7H2,1-3H3,(H,11,16);1-2H3. The molecule has 0 radical (unpaired) electrons. The van der Waals surface area contributed by atoms with Gasteiger partial charge in [0.25, 0.3) is 6.64 Å². The van der Waals surface area contributed by atoms with Crippen LogP contribution in [0.1, 0.15) is 27.7 Å². The van der Waals surface area contributed by atoms with Crippen LogP contribution in [0.2, 0.25) is 0 Å². The second kappa shape index (κ2) is 14.6. The lowest BCUT2D eigenvalue weighted by molar-refractivity contribution is 0.102. The van der Waals surface area contributed by atoms with Crippen molar-refractivity contribution in [2.75, 3.05) is 33.5 Å². The van der Waals surface area contributed by atoms with Gasteiger partial charge in [0.15, 0.2) is 0 Å². The number of hydrogen-bond donors (Lipinski definition) is 2. The van der Waals surface area contributed by atoms with Gasteiger partial charge >= 0.3 is 0 Å². The van der Waals surface area contributed by atoms with E-state index in [0.29, 0.717) is 19.8 Å². The van der Waals surface area contributed by atoms with Crippen LogP contribution in [0.3, 0.4) is 0 Å². The van der Waals surface area contributed by atoms with Crippen molar-refractivity contribution >= 4 is 41.3 Å². The van der Waals surface area contributed by atoms with Crippen LogP contribution in [0.25, 0.3) is 0 Å². The third-order valence-electron chi connectivity index (χ3n) is 1.49. The van der Waals surface area contributed by atoms with Crippen LogP contribution < -0.4 is 8.62 Å². The first kappa shape index (κ1) is 21.5. The first-order valence-corrected chi connectivity index (χ1v) is 9.75. The second-order valence-electron chi connectivity index (χ2n) is 3.29. The van der Waals surface area contributed by atoms with Gasteiger partial charge in [0.1, 0.15) is 0 Å². The summed E-state index contributed by atoms with van der Waals surface area (Å²) in [5, 5.41) is 3.12. The van der Waals surface area contributed by atoms with Crippen LogP contribution in [0, 0.1) is 0 Å². The highest BCUT2D eigenvalue weighted by Gasteiger charge is 2.17. The van der Waals surface area contributed by atoms with Crippen molar-refractivity contribution in [1.29, 1.82) is 0 Å². The Morgan fingerprint density at radius 1 is 1.22 bits per heavy atom. The maximum absolute atomic E-state index is 5.52. The Balaban J connectivity index is 0. The fourth-order valence-corrected chi connectivity index (χ4v) is 3.20. The van der Waals surface area contributed by atoms with Gasteiger partial charge in [-0.2, -0.15) is 0 Å². The lowest BCUT2D eigenvalue weighted by Gasteiger charge is -2.23. The molecular weight excluding hydrogens is 386 g/mol. The van der Waals surface area contributed by atoms with Crippen molar-refractivity contribution in [2.45, 2.75) is 33.7 Å². The minimum Gasteiger partial charge on any atom is -0.378 e. The van der Waals surface area contributed by atoms with E-state index >= 15 is 0 Å². The molecule has 18 heavy (non-hydrogen) atoms. The second-order valence-corrected chi connectivity index (χ2v) is 7.37. The highest BCUT2D eigenvalue weighted by atomic mass is 127. The van der Waals surface area contributed by atoms with E-state index in [1.165, 1.54) is 0 Å². The van der Waals surface area contributed by atoms with Gasteiger partial charge in [-0.05, 0) is 25.7 Å². The van der Waals surface area contributed by atoms with Crippen LogP contribution in [0.5, 0.6) is 0 Å². The SMILES string of the molecule is CC.COP(=S)(NC(C)C)OCCOCCNI. The predicted octanol–water partition coefficient (Wildman–Crippen LogP) is 2.85. The van der Waals surface area contributed by atoms with Gasteiger partial charge in [-0.15, -0.1) is 0 Å². The summed E-state index contributed by atoms with van der Waals surface area (Å²) in [5.41, 5.74) is 0. The third kappa shape index (κ3) is 13.6. The first-order chi connectivity index (χ1) is 8.54. The molecule has 0 heterocycles. The molecule has 0 aromatic heterocycles. The lowest BCUT2D eigenvalue weighted by Crippen LogP contribution is -2.22. The highest BCUT2D eigenvalue weighted by Crippen LogP contribution is 2.43. The molecule has 8 heteroatoms. The Labute approximate surface area is 130 Å². The molecule has 0 saturated carbocycles. The molecule has 112 valence electrons. The lowest BCUT2D eigenvalue weighted by atomic mass is 10.4. The number of nitrogens with one attached hydrogen (secondary N) is 2. The fourth-order valence-electron chi connectivity index (χ4n) is 0.888. The molecule has 0 spiro atoms. The van der Waals surface area contributed by atoms with Crippen LogP contribution >= 0.6 is 29.5 Å². The van der Waals surface area contributed by atoms with Gasteiger partial charge in [-0.1, -0.05) is 13.8 Å². The normalized spacial score (nSPS) is 13.9. The molecule has 0 aromatic rings. The summed E-state index contributed by atoms with van der Waals surface area (Å²) in [7, 11) is 1.57. The average Bonchev–Trinajstić information content (AvgIpc) is 2.35. The van der Waals surface area contributed by atoms with Crippen molar-refractivity contribution in [1.82, 2.24) is 8.62 Å². The molecular formula is C10H26IN2O3PS. The van der Waals surface area contributed by atoms with Gasteiger partial charge in [0.2, 0.25) is 0 Å². The van der Waals surface area contributed by atoms with Crippen molar-refractivity contribution in [3.8, 4) is 0 Å². The van der Waals surface area contributed by atoms with Crippen molar-refractivity contribution in [3.63, 3.8) is 0 Å². The molecule has 0 aliphatic carbocycles. The van der Waals surface area contributed by atoms with Gasteiger partial charge in [-0.3, -0.25) is 3.53 Å². The Bertz CT molecular complexity index is 223. The quantitative estimate of drug-likeness (QED) is 0.249.